The molecule has 8 heteroatoms. The molecule has 1 saturated heterocycles. The number of amides is 2. The van der Waals surface area contributed by atoms with Gasteiger partial charge in [-0.3, -0.25) is 19.7 Å². The highest BCUT2D eigenvalue weighted by atomic mass is 16.6. The van der Waals surface area contributed by atoms with Crippen LogP contribution in [0, 0.1) is 16.0 Å². The van der Waals surface area contributed by atoms with Crippen LogP contribution in [0.15, 0.2) is 24.3 Å². The maximum Gasteiger partial charge on any atom is 0.273 e. The fraction of sp³-hybridized carbons (Fsp3) is 0.556. The number of carbonyl (C=O) groups is 2. The van der Waals surface area contributed by atoms with E-state index in [2.05, 4.69) is 0 Å². The molecule has 26 heavy (non-hydrogen) atoms. The number of rotatable bonds is 7. The minimum Gasteiger partial charge on any atom is -0.484 e. The van der Waals surface area contributed by atoms with E-state index in [1.807, 2.05) is 18.7 Å². The molecule has 0 N–H and O–H groups in total. The van der Waals surface area contributed by atoms with E-state index in [1.165, 1.54) is 18.2 Å². The first-order valence-corrected chi connectivity index (χ1v) is 8.90. The molecule has 0 unspecified atom stereocenters. The molecular formula is C18H25N3O5. The van der Waals surface area contributed by atoms with Crippen molar-refractivity contribution in [3.05, 3.63) is 34.4 Å². The van der Waals surface area contributed by atoms with Gasteiger partial charge in [0.25, 0.3) is 11.6 Å². The van der Waals surface area contributed by atoms with Crippen molar-refractivity contribution in [2.45, 2.75) is 26.7 Å². The summed E-state index contributed by atoms with van der Waals surface area (Å²) in [7, 11) is 0. The van der Waals surface area contributed by atoms with Crippen molar-refractivity contribution in [3.63, 3.8) is 0 Å². The van der Waals surface area contributed by atoms with Crippen LogP contribution < -0.4 is 4.74 Å². The second-order valence-electron chi connectivity index (χ2n) is 6.21. The normalized spacial score (nSPS) is 14.8. The van der Waals surface area contributed by atoms with Crippen molar-refractivity contribution in [2.24, 2.45) is 5.92 Å². The van der Waals surface area contributed by atoms with E-state index in [9.17, 15) is 19.7 Å². The number of ether oxygens (including phenoxy) is 1. The lowest BCUT2D eigenvalue weighted by Crippen LogP contribution is -2.45. The van der Waals surface area contributed by atoms with Crippen molar-refractivity contribution >= 4 is 17.5 Å². The molecule has 0 bridgehead atoms. The SMILES string of the molecule is CCN(CC)C(=O)C1CCN(C(=O)COc2cccc([N+](=O)[O-])c2)CC1. The van der Waals surface area contributed by atoms with E-state index in [-0.39, 0.29) is 30.0 Å². The minimum absolute atomic E-state index is 0.0309. The summed E-state index contributed by atoms with van der Waals surface area (Å²) in [6.07, 6.45) is 1.30. The fourth-order valence-electron chi connectivity index (χ4n) is 3.09. The second kappa shape index (κ2) is 9.17. The zero-order valence-corrected chi connectivity index (χ0v) is 15.2. The topological polar surface area (TPSA) is 93.0 Å². The predicted molar refractivity (Wildman–Crippen MR) is 95.8 cm³/mol. The molecule has 1 aliphatic heterocycles. The van der Waals surface area contributed by atoms with Gasteiger partial charge in [-0.1, -0.05) is 6.07 Å². The third kappa shape index (κ3) is 4.93. The molecule has 8 nitrogen and oxygen atoms in total. The van der Waals surface area contributed by atoms with Crippen molar-refractivity contribution in [3.8, 4) is 5.75 Å². The summed E-state index contributed by atoms with van der Waals surface area (Å²) in [6, 6.07) is 5.76. The van der Waals surface area contributed by atoms with Crippen molar-refractivity contribution < 1.29 is 19.2 Å². The van der Waals surface area contributed by atoms with Crippen LogP contribution >= 0.6 is 0 Å². The van der Waals surface area contributed by atoms with Crippen LogP contribution in [0.1, 0.15) is 26.7 Å². The molecule has 2 amide bonds. The van der Waals surface area contributed by atoms with Gasteiger partial charge in [-0.25, -0.2) is 0 Å². The Labute approximate surface area is 152 Å². The summed E-state index contributed by atoms with van der Waals surface area (Å²) in [5, 5.41) is 10.8. The molecule has 1 aliphatic rings. The zero-order valence-electron chi connectivity index (χ0n) is 15.2. The van der Waals surface area contributed by atoms with Crippen molar-refractivity contribution in [1.29, 1.82) is 0 Å². The van der Waals surface area contributed by atoms with Gasteiger partial charge in [0.1, 0.15) is 5.75 Å². The van der Waals surface area contributed by atoms with Crippen LogP contribution in [0.3, 0.4) is 0 Å². The molecule has 0 atom stereocenters. The van der Waals surface area contributed by atoms with E-state index in [1.54, 1.807) is 11.0 Å². The van der Waals surface area contributed by atoms with E-state index >= 15 is 0 Å². The largest absolute Gasteiger partial charge is 0.484 e. The second-order valence-corrected chi connectivity index (χ2v) is 6.21. The van der Waals surface area contributed by atoms with Gasteiger partial charge in [-0.2, -0.15) is 0 Å². The Morgan fingerprint density at radius 2 is 1.92 bits per heavy atom. The van der Waals surface area contributed by atoms with Gasteiger partial charge in [-0.15, -0.1) is 0 Å². The third-order valence-electron chi connectivity index (χ3n) is 4.66. The highest BCUT2D eigenvalue weighted by Gasteiger charge is 2.29. The maximum absolute atomic E-state index is 12.4. The Kier molecular flexibility index (Phi) is 6.94. The maximum atomic E-state index is 12.4. The quantitative estimate of drug-likeness (QED) is 0.546. The van der Waals surface area contributed by atoms with Crippen molar-refractivity contribution in [2.75, 3.05) is 32.8 Å². The van der Waals surface area contributed by atoms with Crippen LogP contribution in [0.25, 0.3) is 0 Å². The molecule has 1 aromatic carbocycles. The highest BCUT2D eigenvalue weighted by molar-refractivity contribution is 5.80. The predicted octanol–water partition coefficient (Wildman–Crippen LogP) is 2.08. The van der Waals surface area contributed by atoms with E-state index in [0.717, 1.165) is 0 Å². The van der Waals surface area contributed by atoms with E-state index in [0.29, 0.717) is 44.8 Å². The molecule has 142 valence electrons. The summed E-state index contributed by atoms with van der Waals surface area (Å²) in [5.74, 6) is 0.246. The molecule has 0 spiro atoms. The first kappa shape index (κ1) is 19.7. The molecule has 1 aromatic rings. The monoisotopic (exact) mass is 363 g/mol. The Bertz CT molecular complexity index is 652. The summed E-state index contributed by atoms with van der Waals surface area (Å²) in [4.78, 5) is 38.4. The molecular weight excluding hydrogens is 338 g/mol. The molecule has 0 saturated carbocycles. The zero-order chi connectivity index (χ0) is 19.1. The standard InChI is InChI=1S/C18H25N3O5/c1-3-19(4-2)18(23)14-8-10-20(11-9-14)17(22)13-26-16-7-5-6-15(12-16)21(24)25/h5-7,12,14H,3-4,8-11,13H2,1-2H3. The van der Waals surface area contributed by atoms with Gasteiger partial charge in [0, 0.05) is 38.2 Å². The summed E-state index contributed by atoms with van der Waals surface area (Å²) >= 11 is 0. The number of hydrogen-bond acceptors (Lipinski definition) is 5. The van der Waals surface area contributed by atoms with E-state index < -0.39 is 4.92 Å². The van der Waals surface area contributed by atoms with Crippen LogP contribution in [-0.2, 0) is 9.59 Å². The van der Waals surface area contributed by atoms with Gasteiger partial charge >= 0.3 is 0 Å². The number of hydrogen-bond donors (Lipinski definition) is 0. The number of non-ortho nitro benzene ring substituents is 1. The minimum atomic E-state index is -0.508. The van der Waals surface area contributed by atoms with Gasteiger partial charge in [0.05, 0.1) is 11.0 Å². The van der Waals surface area contributed by atoms with Gasteiger partial charge in [0.2, 0.25) is 5.91 Å². The van der Waals surface area contributed by atoms with Gasteiger partial charge in [-0.05, 0) is 32.8 Å². The molecule has 0 aliphatic carbocycles. The van der Waals surface area contributed by atoms with Crippen LogP contribution in [0.4, 0.5) is 5.69 Å². The third-order valence-corrected chi connectivity index (χ3v) is 4.66. The number of carbonyl (C=O) groups excluding carboxylic acids is 2. The van der Waals surface area contributed by atoms with Crippen LogP contribution in [0.2, 0.25) is 0 Å². The lowest BCUT2D eigenvalue weighted by atomic mass is 9.95. The lowest BCUT2D eigenvalue weighted by molar-refractivity contribution is -0.384. The number of nitro groups is 1. The number of likely N-dealkylation sites (tertiary alicyclic amines) is 1. The number of nitro benzene ring substituents is 1. The van der Waals surface area contributed by atoms with Gasteiger partial charge in [0.15, 0.2) is 6.61 Å². The smallest absolute Gasteiger partial charge is 0.273 e. The fourth-order valence-corrected chi connectivity index (χ4v) is 3.09. The Morgan fingerprint density at radius 3 is 2.50 bits per heavy atom. The summed E-state index contributed by atoms with van der Waals surface area (Å²) < 4.78 is 5.39. The Hall–Kier alpha value is -2.64. The number of piperidine rings is 1. The summed E-state index contributed by atoms with van der Waals surface area (Å²) in [5.41, 5.74) is -0.0781. The first-order valence-electron chi connectivity index (χ1n) is 8.90. The number of benzene rings is 1. The molecule has 0 aromatic heterocycles. The molecule has 0 radical (unpaired) electrons. The van der Waals surface area contributed by atoms with Crippen molar-refractivity contribution in [1.82, 2.24) is 9.80 Å². The molecule has 1 heterocycles. The average Bonchev–Trinajstić information content (AvgIpc) is 2.67. The van der Waals surface area contributed by atoms with E-state index in [4.69, 9.17) is 4.74 Å². The highest BCUT2D eigenvalue weighted by Crippen LogP contribution is 2.21. The van der Waals surface area contributed by atoms with Gasteiger partial charge < -0.3 is 14.5 Å². The first-order chi connectivity index (χ1) is 12.5. The molecule has 1 fully saturated rings. The van der Waals surface area contributed by atoms with Crippen LogP contribution in [0.5, 0.6) is 5.75 Å². The lowest BCUT2D eigenvalue weighted by Gasteiger charge is -2.33. The Morgan fingerprint density at radius 1 is 1.27 bits per heavy atom. The molecule has 2 rings (SSSR count). The summed E-state index contributed by atoms with van der Waals surface area (Å²) in [6.45, 7) is 6.20. The number of nitrogens with zero attached hydrogens (tertiary/aromatic N) is 3. The average molecular weight is 363 g/mol. The Balaban J connectivity index is 1.82. The van der Waals surface area contributed by atoms with Crippen LogP contribution in [-0.4, -0.2) is 59.3 Å².